The van der Waals surface area contributed by atoms with Crippen LogP contribution in [-0.2, 0) is 5.66 Å². The highest BCUT2D eigenvalue weighted by molar-refractivity contribution is 5.99. The summed E-state index contributed by atoms with van der Waals surface area (Å²) in [5.74, 6) is 1.07. The van der Waals surface area contributed by atoms with Crippen LogP contribution < -0.4 is 27.0 Å². The van der Waals surface area contributed by atoms with Gasteiger partial charge in [-0.15, -0.1) is 0 Å². The van der Waals surface area contributed by atoms with E-state index in [1.807, 2.05) is 13.8 Å². The van der Waals surface area contributed by atoms with Gasteiger partial charge in [0, 0.05) is 19.6 Å². The molecule has 1 aromatic rings. The highest BCUT2D eigenvalue weighted by Crippen LogP contribution is 2.33. The Kier molecular flexibility index (Phi) is 6.68. The van der Waals surface area contributed by atoms with E-state index >= 15 is 0 Å². The van der Waals surface area contributed by atoms with Crippen molar-refractivity contribution in [2.75, 3.05) is 35.6 Å². The van der Waals surface area contributed by atoms with Gasteiger partial charge in [0.15, 0.2) is 11.8 Å². The number of hydrogen-bond acceptors (Lipinski definition) is 6. The average Bonchev–Trinajstić information content (AvgIpc) is 2.57. The second-order valence-corrected chi connectivity index (χ2v) is 6.52. The summed E-state index contributed by atoms with van der Waals surface area (Å²) in [7, 11) is 0. The van der Waals surface area contributed by atoms with Crippen molar-refractivity contribution >= 4 is 23.4 Å². The minimum absolute atomic E-state index is 0.0887. The van der Waals surface area contributed by atoms with Gasteiger partial charge in [-0.05, 0) is 19.8 Å². The van der Waals surface area contributed by atoms with Crippen molar-refractivity contribution in [3.05, 3.63) is 5.69 Å². The van der Waals surface area contributed by atoms with Gasteiger partial charge in [0.2, 0.25) is 5.95 Å². The molecular weight excluding hydrogens is 361 g/mol. The van der Waals surface area contributed by atoms with Crippen LogP contribution in [0.25, 0.3) is 0 Å². The minimum Gasteiger partial charge on any atom is -0.368 e. The first-order chi connectivity index (χ1) is 12.7. The predicted octanol–water partition coefficient (Wildman–Crippen LogP) is 2.58. The molecule has 0 bridgehead atoms. The Bertz CT molecular complexity index is 672. The quantitative estimate of drug-likeness (QED) is 0.465. The Hall–Kier alpha value is -2.30. The fraction of sp³-hybridized carbons (Fsp3) is 0.688. The lowest BCUT2D eigenvalue weighted by Gasteiger charge is -2.35. The Morgan fingerprint density at radius 3 is 2.52 bits per heavy atom. The van der Waals surface area contributed by atoms with Gasteiger partial charge < -0.3 is 27.0 Å². The van der Waals surface area contributed by atoms with Crippen LogP contribution >= 0.6 is 0 Å². The standard InChI is InChI=1S/C16H27F3N8/c1-4-7-21-12-10-11(15(3,20)27-14(24-10)22-8-5-2)25-13(26-12)23-9-6-16(17,18)19/h4-9,20H2,1-3H3,(H2,22,24,27)(H2,21,23,25,26). The summed E-state index contributed by atoms with van der Waals surface area (Å²) in [5.41, 5.74) is 6.32. The van der Waals surface area contributed by atoms with Crippen LogP contribution in [0.3, 0.4) is 0 Å². The number of guanidine groups is 1. The zero-order valence-corrected chi connectivity index (χ0v) is 15.8. The van der Waals surface area contributed by atoms with E-state index in [1.54, 1.807) is 6.92 Å². The molecule has 2 heterocycles. The topological polar surface area (TPSA) is 112 Å². The van der Waals surface area contributed by atoms with Crippen molar-refractivity contribution < 1.29 is 13.2 Å². The summed E-state index contributed by atoms with van der Waals surface area (Å²) >= 11 is 0. The molecule has 1 aliphatic rings. The summed E-state index contributed by atoms with van der Waals surface area (Å²) in [4.78, 5) is 13.1. The van der Waals surface area contributed by atoms with Crippen molar-refractivity contribution in [3.8, 4) is 0 Å². The summed E-state index contributed by atoms with van der Waals surface area (Å²) in [6.07, 6.45) is -3.50. The molecule has 1 aromatic heterocycles. The molecule has 11 heteroatoms. The van der Waals surface area contributed by atoms with E-state index in [4.69, 9.17) is 5.73 Å². The highest BCUT2D eigenvalue weighted by Gasteiger charge is 2.35. The maximum Gasteiger partial charge on any atom is 0.390 e. The number of alkyl halides is 3. The van der Waals surface area contributed by atoms with Gasteiger partial charge >= 0.3 is 6.18 Å². The van der Waals surface area contributed by atoms with Gasteiger partial charge in [-0.1, -0.05) is 13.8 Å². The van der Waals surface area contributed by atoms with Crippen LogP contribution in [0.5, 0.6) is 0 Å². The monoisotopic (exact) mass is 388 g/mol. The summed E-state index contributed by atoms with van der Waals surface area (Å²) in [6, 6.07) is 0. The van der Waals surface area contributed by atoms with Gasteiger partial charge in [0.25, 0.3) is 0 Å². The first kappa shape index (κ1) is 21.0. The highest BCUT2D eigenvalue weighted by atomic mass is 19.4. The van der Waals surface area contributed by atoms with E-state index in [9.17, 15) is 13.2 Å². The number of halogens is 3. The lowest BCUT2D eigenvalue weighted by Crippen LogP contribution is -2.57. The Labute approximate surface area is 156 Å². The molecule has 0 aliphatic carbocycles. The Balaban J connectivity index is 2.34. The van der Waals surface area contributed by atoms with Gasteiger partial charge in [-0.25, -0.2) is 4.98 Å². The lowest BCUT2D eigenvalue weighted by molar-refractivity contribution is -0.131. The first-order valence-corrected chi connectivity index (χ1v) is 9.01. The van der Waals surface area contributed by atoms with E-state index in [-0.39, 0.29) is 12.5 Å². The number of aliphatic imine (C=N–C) groups is 1. The van der Waals surface area contributed by atoms with Crippen LogP contribution in [0, 0.1) is 0 Å². The van der Waals surface area contributed by atoms with E-state index < -0.39 is 18.3 Å². The van der Waals surface area contributed by atoms with Crippen LogP contribution in [0.2, 0.25) is 0 Å². The Morgan fingerprint density at radius 2 is 1.89 bits per heavy atom. The molecule has 0 radical (unpaired) electrons. The van der Waals surface area contributed by atoms with E-state index in [0.717, 1.165) is 12.8 Å². The minimum atomic E-state index is -4.25. The zero-order chi connectivity index (χ0) is 20.1. The van der Waals surface area contributed by atoms with Crippen LogP contribution in [0.1, 0.15) is 45.7 Å². The van der Waals surface area contributed by atoms with Gasteiger partial charge in [0.05, 0.1) is 6.42 Å². The van der Waals surface area contributed by atoms with Gasteiger partial charge in [-0.2, -0.15) is 18.2 Å². The number of nitrogens with two attached hydrogens (primary N) is 1. The lowest BCUT2D eigenvalue weighted by atomic mass is 10.1. The molecule has 1 unspecified atom stereocenters. The number of fused-ring (bicyclic) bond motifs is 1. The number of nitrogens with one attached hydrogen (secondary N) is 4. The molecule has 1 aliphatic heterocycles. The number of hydrogen-bond donors (Lipinski definition) is 5. The van der Waals surface area contributed by atoms with E-state index in [0.29, 0.717) is 36.2 Å². The van der Waals surface area contributed by atoms with E-state index in [1.165, 1.54) is 0 Å². The second kappa shape index (κ2) is 8.59. The van der Waals surface area contributed by atoms with Crippen molar-refractivity contribution in [3.63, 3.8) is 0 Å². The van der Waals surface area contributed by atoms with Crippen LogP contribution in [-0.4, -0.2) is 41.7 Å². The molecule has 1 atom stereocenters. The molecule has 0 spiro atoms. The molecule has 0 amide bonds. The first-order valence-electron chi connectivity index (χ1n) is 9.01. The van der Waals surface area contributed by atoms with Crippen molar-refractivity contribution in [1.29, 1.82) is 0 Å². The SMILES string of the molecule is CCCN=C1Nc2c(NCCC)nc(NCCC(F)(F)F)nc2C(C)(N)N1. The Morgan fingerprint density at radius 1 is 1.15 bits per heavy atom. The normalized spacial score (nSPS) is 20.6. The molecular formula is C16H27F3N8. The van der Waals surface area contributed by atoms with Gasteiger partial charge in [-0.3, -0.25) is 4.99 Å². The van der Waals surface area contributed by atoms with E-state index in [2.05, 4.69) is 36.2 Å². The van der Waals surface area contributed by atoms with Crippen molar-refractivity contribution in [2.24, 2.45) is 10.7 Å². The fourth-order valence-electron chi connectivity index (χ4n) is 2.48. The average molecular weight is 388 g/mol. The number of aromatic nitrogens is 2. The molecule has 8 nitrogen and oxygen atoms in total. The summed E-state index contributed by atoms with van der Waals surface area (Å²) in [5, 5.41) is 12.0. The van der Waals surface area contributed by atoms with Crippen LogP contribution in [0.15, 0.2) is 4.99 Å². The summed E-state index contributed by atoms with van der Waals surface area (Å²) < 4.78 is 37.2. The van der Waals surface area contributed by atoms with Crippen molar-refractivity contribution in [2.45, 2.75) is 51.9 Å². The third-order valence-electron chi connectivity index (χ3n) is 3.75. The predicted molar refractivity (Wildman–Crippen MR) is 101 cm³/mol. The zero-order valence-electron chi connectivity index (χ0n) is 15.8. The largest absolute Gasteiger partial charge is 0.390 e. The smallest absolute Gasteiger partial charge is 0.368 e. The van der Waals surface area contributed by atoms with Crippen molar-refractivity contribution in [1.82, 2.24) is 15.3 Å². The molecule has 0 saturated heterocycles. The molecule has 0 aromatic carbocycles. The number of nitrogens with zero attached hydrogens (tertiary/aromatic N) is 3. The second-order valence-electron chi connectivity index (χ2n) is 6.52. The van der Waals surface area contributed by atoms with Gasteiger partial charge in [0.1, 0.15) is 17.0 Å². The number of rotatable bonds is 8. The fourth-order valence-corrected chi connectivity index (χ4v) is 2.48. The third-order valence-corrected chi connectivity index (χ3v) is 3.75. The molecule has 152 valence electrons. The molecule has 0 fully saturated rings. The maximum absolute atomic E-state index is 12.4. The molecule has 2 rings (SSSR count). The third kappa shape index (κ3) is 5.84. The number of anilines is 3. The molecule has 0 saturated carbocycles. The molecule has 27 heavy (non-hydrogen) atoms. The summed E-state index contributed by atoms with van der Waals surface area (Å²) in [6.45, 7) is 6.68. The molecule has 6 N–H and O–H groups in total. The maximum atomic E-state index is 12.4. The van der Waals surface area contributed by atoms with Crippen LogP contribution in [0.4, 0.5) is 30.6 Å².